The minimum atomic E-state index is 0.255. The van der Waals surface area contributed by atoms with E-state index < -0.39 is 0 Å². The first-order valence-electron chi connectivity index (χ1n) is 12.3. The first-order valence-corrected chi connectivity index (χ1v) is 12.3. The summed E-state index contributed by atoms with van der Waals surface area (Å²) in [6, 6.07) is 12.8. The quantitative estimate of drug-likeness (QED) is 0.675. The lowest BCUT2D eigenvalue weighted by Gasteiger charge is -2.57. The number of ether oxygens (including phenoxy) is 1. The summed E-state index contributed by atoms with van der Waals surface area (Å²) in [6.45, 7) is 9.98. The van der Waals surface area contributed by atoms with E-state index in [0.717, 1.165) is 12.0 Å². The largest absolute Gasteiger partial charge is 0.358 e. The summed E-state index contributed by atoms with van der Waals surface area (Å²) in [4.78, 5) is 5.71. The molecule has 0 N–H and O–H groups in total. The van der Waals surface area contributed by atoms with E-state index in [0.29, 0.717) is 36.1 Å². The maximum Gasteiger partial charge on any atom is 0.127 e. The molecule has 3 nitrogen and oxygen atoms in total. The van der Waals surface area contributed by atoms with Gasteiger partial charge in [0, 0.05) is 30.0 Å². The predicted octanol–water partition coefficient (Wildman–Crippen LogP) is 4.88. The second-order valence-corrected chi connectivity index (χ2v) is 11.3. The maximum absolute atomic E-state index is 7.05. The van der Waals surface area contributed by atoms with Gasteiger partial charge < -0.3 is 4.74 Å². The molecule has 158 valence electrons. The summed E-state index contributed by atoms with van der Waals surface area (Å²) in [5.74, 6) is 2.90. The Morgan fingerprint density at radius 3 is 2.69 bits per heavy atom. The van der Waals surface area contributed by atoms with E-state index in [1.165, 1.54) is 51.6 Å². The molecule has 1 aliphatic carbocycles. The molecule has 8 atom stereocenters. The van der Waals surface area contributed by atoms with Crippen molar-refractivity contribution in [2.75, 3.05) is 13.1 Å². The highest BCUT2D eigenvalue weighted by Crippen LogP contribution is 2.56. The second-order valence-electron chi connectivity index (χ2n) is 11.3. The molecule has 4 aliphatic heterocycles. The summed E-state index contributed by atoms with van der Waals surface area (Å²) in [5, 5.41) is 0. The first-order chi connectivity index (χ1) is 14.1. The molecule has 0 bridgehead atoms. The van der Waals surface area contributed by atoms with Crippen LogP contribution in [0.2, 0.25) is 0 Å². The zero-order valence-corrected chi connectivity index (χ0v) is 18.5. The van der Waals surface area contributed by atoms with Crippen LogP contribution in [0.15, 0.2) is 30.3 Å². The van der Waals surface area contributed by atoms with E-state index in [4.69, 9.17) is 4.74 Å². The molecule has 4 heterocycles. The van der Waals surface area contributed by atoms with Crippen molar-refractivity contribution in [3.63, 3.8) is 0 Å². The molecule has 5 fully saturated rings. The smallest absolute Gasteiger partial charge is 0.127 e. The van der Waals surface area contributed by atoms with Crippen LogP contribution in [0.5, 0.6) is 0 Å². The van der Waals surface area contributed by atoms with Gasteiger partial charge in [-0.25, -0.2) is 0 Å². The predicted molar refractivity (Wildman–Crippen MR) is 117 cm³/mol. The van der Waals surface area contributed by atoms with Crippen molar-refractivity contribution < 1.29 is 4.74 Å². The van der Waals surface area contributed by atoms with Crippen LogP contribution < -0.4 is 0 Å². The Hall–Kier alpha value is -0.900. The lowest BCUT2D eigenvalue weighted by atomic mass is 9.70. The number of benzene rings is 1. The van der Waals surface area contributed by atoms with Gasteiger partial charge in [0.15, 0.2) is 0 Å². The van der Waals surface area contributed by atoms with Crippen molar-refractivity contribution in [1.82, 2.24) is 9.80 Å². The molecule has 0 amide bonds. The molecule has 0 aromatic heterocycles. The van der Waals surface area contributed by atoms with Gasteiger partial charge in [-0.05, 0) is 63.5 Å². The zero-order chi connectivity index (χ0) is 19.8. The average molecular weight is 395 g/mol. The number of fused-ring (bicyclic) bond motifs is 6. The SMILES string of the molecule is C[C@@H]1CC[C@@H]2[C@@H](C1)O[C@H]1[C@H]3[C@@H](CN1C2(C)C)[C@H](c1ccccc1)[C@@H]1CCCCN31. The van der Waals surface area contributed by atoms with E-state index in [1.807, 2.05) is 0 Å². The Balaban J connectivity index is 1.38. The Bertz CT molecular complexity index is 748. The number of rotatable bonds is 1. The fourth-order valence-corrected chi connectivity index (χ4v) is 8.13. The monoisotopic (exact) mass is 394 g/mol. The molecule has 3 heteroatoms. The zero-order valence-electron chi connectivity index (χ0n) is 18.5. The van der Waals surface area contributed by atoms with Gasteiger partial charge in [-0.3, -0.25) is 9.80 Å². The Kier molecular flexibility index (Phi) is 4.42. The molecular weight excluding hydrogens is 356 g/mol. The van der Waals surface area contributed by atoms with Crippen LogP contribution in [0.4, 0.5) is 0 Å². The summed E-state index contributed by atoms with van der Waals surface area (Å²) < 4.78 is 7.05. The maximum atomic E-state index is 7.05. The van der Waals surface area contributed by atoms with Crippen molar-refractivity contribution in [3.8, 4) is 0 Å². The molecule has 1 saturated carbocycles. The molecule has 0 radical (unpaired) electrons. The molecule has 5 aliphatic rings. The lowest BCUT2D eigenvalue weighted by molar-refractivity contribution is -0.231. The van der Waals surface area contributed by atoms with Crippen molar-refractivity contribution in [2.45, 2.75) is 95.2 Å². The normalized spacial score (nSPS) is 46.6. The van der Waals surface area contributed by atoms with Crippen LogP contribution in [0.3, 0.4) is 0 Å². The van der Waals surface area contributed by atoms with Crippen LogP contribution in [-0.2, 0) is 4.74 Å². The van der Waals surface area contributed by atoms with Gasteiger partial charge in [0.05, 0.1) is 12.1 Å². The van der Waals surface area contributed by atoms with E-state index in [1.54, 1.807) is 5.56 Å². The Morgan fingerprint density at radius 1 is 1.03 bits per heavy atom. The lowest BCUT2D eigenvalue weighted by Crippen LogP contribution is -2.65. The fraction of sp³-hybridized carbons (Fsp3) is 0.769. The molecule has 4 saturated heterocycles. The highest BCUT2D eigenvalue weighted by atomic mass is 16.5. The van der Waals surface area contributed by atoms with Gasteiger partial charge in [0.25, 0.3) is 0 Å². The summed E-state index contributed by atoms with van der Waals surface area (Å²) >= 11 is 0. The minimum absolute atomic E-state index is 0.255. The number of piperidine rings is 1. The average Bonchev–Trinajstić information content (AvgIpc) is 3.24. The van der Waals surface area contributed by atoms with E-state index in [9.17, 15) is 0 Å². The Labute approximate surface area is 176 Å². The van der Waals surface area contributed by atoms with Crippen molar-refractivity contribution in [1.29, 1.82) is 0 Å². The molecule has 0 spiro atoms. The van der Waals surface area contributed by atoms with E-state index in [-0.39, 0.29) is 5.54 Å². The summed E-state index contributed by atoms with van der Waals surface area (Å²) in [6.07, 6.45) is 8.87. The molecule has 29 heavy (non-hydrogen) atoms. The fourth-order valence-electron chi connectivity index (χ4n) is 8.13. The number of hydrogen-bond donors (Lipinski definition) is 0. The molecule has 6 rings (SSSR count). The van der Waals surface area contributed by atoms with Gasteiger partial charge in [-0.2, -0.15) is 0 Å². The van der Waals surface area contributed by atoms with E-state index >= 15 is 0 Å². The van der Waals surface area contributed by atoms with E-state index in [2.05, 4.69) is 60.9 Å². The molecule has 0 unspecified atom stereocenters. The molecule has 1 aromatic rings. The third-order valence-corrected chi connectivity index (χ3v) is 9.50. The van der Waals surface area contributed by atoms with Crippen molar-refractivity contribution >= 4 is 0 Å². The number of hydrogen-bond acceptors (Lipinski definition) is 3. The second kappa shape index (κ2) is 6.80. The molecule has 1 aromatic carbocycles. The topological polar surface area (TPSA) is 15.7 Å². The first kappa shape index (κ1) is 18.8. The highest BCUT2D eigenvalue weighted by molar-refractivity contribution is 5.28. The summed E-state index contributed by atoms with van der Waals surface area (Å²) in [7, 11) is 0. The third-order valence-electron chi connectivity index (χ3n) is 9.50. The van der Waals surface area contributed by atoms with Crippen molar-refractivity contribution in [3.05, 3.63) is 35.9 Å². The van der Waals surface area contributed by atoms with Crippen LogP contribution in [-0.4, -0.2) is 52.8 Å². The van der Waals surface area contributed by atoms with Crippen LogP contribution in [0.25, 0.3) is 0 Å². The van der Waals surface area contributed by atoms with Crippen molar-refractivity contribution in [2.24, 2.45) is 17.8 Å². The van der Waals surface area contributed by atoms with Crippen LogP contribution in [0.1, 0.15) is 70.8 Å². The Morgan fingerprint density at radius 2 is 1.86 bits per heavy atom. The standard InChI is InChI=1S/C26H38N2O/c1-17-12-13-20-22(15-17)29-25-24-19(16-28(25)26(20,2)3)23(18-9-5-4-6-10-18)21-11-7-8-14-27(21)24/h4-6,9-10,17,19-25H,7-8,11-16H2,1-3H3/t17-,19+,20-,21+,22-,23+,24-,25+/m1/s1. The third kappa shape index (κ3) is 2.73. The number of nitrogens with zero attached hydrogens (tertiary/aromatic N) is 2. The van der Waals surface area contributed by atoms with Gasteiger partial charge in [-0.15, -0.1) is 0 Å². The molecular formula is C26H38N2O. The minimum Gasteiger partial charge on any atom is -0.358 e. The van der Waals surface area contributed by atoms with Crippen LogP contribution in [0, 0.1) is 17.8 Å². The summed E-state index contributed by atoms with van der Waals surface area (Å²) in [5.41, 5.74) is 1.82. The van der Waals surface area contributed by atoms with Gasteiger partial charge in [0.1, 0.15) is 6.23 Å². The van der Waals surface area contributed by atoms with Gasteiger partial charge in [-0.1, -0.05) is 50.1 Å². The van der Waals surface area contributed by atoms with Gasteiger partial charge in [0.2, 0.25) is 0 Å². The van der Waals surface area contributed by atoms with Crippen LogP contribution >= 0.6 is 0 Å². The van der Waals surface area contributed by atoms with Gasteiger partial charge >= 0.3 is 0 Å². The highest BCUT2D eigenvalue weighted by Gasteiger charge is 2.64.